The summed E-state index contributed by atoms with van der Waals surface area (Å²) in [6.07, 6.45) is 4.50. The number of methoxy groups -OCH3 is 1. The molecule has 0 radical (unpaired) electrons. The van der Waals surface area contributed by atoms with Crippen molar-refractivity contribution in [2.75, 3.05) is 26.7 Å². The maximum Gasteiger partial charge on any atom is 0.295 e. The number of amides is 2. The van der Waals surface area contributed by atoms with Crippen LogP contribution in [-0.2, 0) is 20.1 Å². The van der Waals surface area contributed by atoms with E-state index in [1.54, 1.807) is 19.1 Å². The SMILES string of the molecule is COc1cc(C(=O)N2CC3CCC2[C@@H]3N)cc2nc(-c3cc4ccccc4n3CC3CC3)n(CC3CN(C(=O)c4nnn(C)n4)C3)c12. The van der Waals surface area contributed by atoms with Gasteiger partial charge < -0.3 is 29.4 Å². The number of piperidine rings is 1. The average Bonchev–Trinajstić information content (AvgIpc) is 3.34. The summed E-state index contributed by atoms with van der Waals surface area (Å²) in [5, 5.41) is 13.0. The zero-order valence-electron chi connectivity index (χ0n) is 26.6. The van der Waals surface area contributed by atoms with Crippen molar-refractivity contribution in [2.24, 2.45) is 30.5 Å². The first-order chi connectivity index (χ1) is 22.9. The number of nitrogens with two attached hydrogens (primary N) is 1. The number of para-hydroxylation sites is 1. The van der Waals surface area contributed by atoms with Crippen molar-refractivity contribution in [3.05, 3.63) is 53.9 Å². The smallest absolute Gasteiger partial charge is 0.295 e. The Balaban J connectivity index is 1.12. The summed E-state index contributed by atoms with van der Waals surface area (Å²) in [4.78, 5) is 37.2. The van der Waals surface area contributed by atoms with Crippen molar-refractivity contribution < 1.29 is 14.3 Å². The van der Waals surface area contributed by atoms with Crippen LogP contribution < -0.4 is 10.5 Å². The Labute approximate surface area is 271 Å². The van der Waals surface area contributed by atoms with Gasteiger partial charge in [-0.2, -0.15) is 4.80 Å². The molecular formula is C34H38N10O3. The van der Waals surface area contributed by atoms with Gasteiger partial charge in [0.05, 0.1) is 25.4 Å². The highest BCUT2D eigenvalue weighted by atomic mass is 16.5. The molecule has 242 valence electrons. The third-order valence-electron chi connectivity index (χ3n) is 10.8. The van der Waals surface area contributed by atoms with Crippen molar-refractivity contribution in [2.45, 2.75) is 50.9 Å². The van der Waals surface area contributed by atoms with Crippen LogP contribution in [0.25, 0.3) is 33.5 Å². The average molecular weight is 635 g/mol. The lowest BCUT2D eigenvalue weighted by Gasteiger charge is -2.39. The van der Waals surface area contributed by atoms with Crippen LogP contribution >= 0.6 is 0 Å². The Bertz CT molecular complexity index is 2050. The first-order valence-electron chi connectivity index (χ1n) is 16.6. The second-order valence-corrected chi connectivity index (χ2v) is 13.9. The van der Waals surface area contributed by atoms with Crippen molar-refractivity contribution in [1.29, 1.82) is 0 Å². The van der Waals surface area contributed by atoms with Crippen LogP contribution in [0.1, 0.15) is 46.7 Å². The van der Waals surface area contributed by atoms with E-state index in [9.17, 15) is 9.59 Å². The third kappa shape index (κ3) is 4.61. The number of likely N-dealkylation sites (tertiary alicyclic amines) is 2. The number of benzene rings is 2. The number of ether oxygens (including phenoxy) is 1. The summed E-state index contributed by atoms with van der Waals surface area (Å²) in [6.45, 7) is 3.40. The van der Waals surface area contributed by atoms with E-state index in [4.69, 9.17) is 15.5 Å². The van der Waals surface area contributed by atoms with Gasteiger partial charge in [-0.3, -0.25) is 9.59 Å². The molecule has 4 aliphatic rings. The van der Waals surface area contributed by atoms with Crippen molar-refractivity contribution in [3.8, 4) is 17.3 Å². The lowest BCUT2D eigenvalue weighted by atomic mass is 9.99. The van der Waals surface area contributed by atoms with Crippen molar-refractivity contribution in [1.82, 2.24) is 44.1 Å². The van der Waals surface area contributed by atoms with Gasteiger partial charge in [-0.05, 0) is 67.0 Å². The van der Waals surface area contributed by atoms with E-state index in [2.05, 4.69) is 54.9 Å². The molecule has 4 fully saturated rings. The maximum atomic E-state index is 13.9. The summed E-state index contributed by atoms with van der Waals surface area (Å²) < 4.78 is 10.7. The molecule has 0 spiro atoms. The fraction of sp³-hybridized carbons (Fsp3) is 0.471. The van der Waals surface area contributed by atoms with Crippen LogP contribution in [0.2, 0.25) is 0 Å². The summed E-state index contributed by atoms with van der Waals surface area (Å²) in [5.74, 6) is 2.53. The van der Waals surface area contributed by atoms with Crippen LogP contribution in [0, 0.1) is 17.8 Å². The zero-order chi connectivity index (χ0) is 32.0. The number of aromatic nitrogens is 7. The highest BCUT2D eigenvalue weighted by Gasteiger charge is 2.47. The van der Waals surface area contributed by atoms with Gasteiger partial charge in [0.1, 0.15) is 11.3 Å². The molecule has 2 aliphatic carbocycles. The number of imidazole rings is 1. The molecule has 2 saturated carbocycles. The number of hydrogen-bond donors (Lipinski definition) is 1. The summed E-state index contributed by atoms with van der Waals surface area (Å²) in [6, 6.07) is 14.6. The summed E-state index contributed by atoms with van der Waals surface area (Å²) >= 11 is 0. The van der Waals surface area contributed by atoms with E-state index in [1.165, 1.54) is 28.5 Å². The number of rotatable bonds is 8. The van der Waals surface area contributed by atoms with Gasteiger partial charge in [0, 0.05) is 67.2 Å². The predicted molar refractivity (Wildman–Crippen MR) is 174 cm³/mol. The second-order valence-electron chi connectivity index (χ2n) is 13.9. The molecule has 5 aromatic rings. The monoisotopic (exact) mass is 634 g/mol. The highest BCUT2D eigenvalue weighted by Crippen LogP contribution is 2.41. The standard InChI is InChI=1S/C34H38N10O3/c1-40-38-31(37-39-40)34(46)41-14-20(15-41)17-44-30-24(11-23(13-28(30)47-2)33(45)43-18-22-9-10-26(43)29(22)35)36-32(44)27-12-21-5-3-4-6-25(21)42(27)16-19-7-8-19/h3-6,11-13,19-20,22,26,29H,7-10,14-18,35H2,1-2H3/t22?,26?,29-/m1/s1. The highest BCUT2D eigenvalue weighted by molar-refractivity contribution is 6.00. The Morgan fingerprint density at radius 1 is 0.957 bits per heavy atom. The Morgan fingerprint density at radius 2 is 1.77 bits per heavy atom. The predicted octanol–water partition coefficient (Wildman–Crippen LogP) is 2.93. The van der Waals surface area contributed by atoms with Gasteiger partial charge in [-0.1, -0.05) is 18.2 Å². The summed E-state index contributed by atoms with van der Waals surface area (Å²) in [5.41, 5.74) is 10.8. The van der Waals surface area contributed by atoms with Gasteiger partial charge in [-0.15, -0.1) is 10.2 Å². The molecule has 13 nitrogen and oxygen atoms in total. The lowest BCUT2D eigenvalue weighted by molar-refractivity contribution is 0.0458. The van der Waals surface area contributed by atoms with E-state index in [-0.39, 0.29) is 35.6 Å². The third-order valence-corrected chi connectivity index (χ3v) is 10.8. The second kappa shape index (κ2) is 10.6. The molecule has 2 aliphatic heterocycles. The minimum absolute atomic E-state index is 0.0161. The molecule has 2 amide bonds. The van der Waals surface area contributed by atoms with Crippen LogP contribution in [0.3, 0.4) is 0 Å². The topological polar surface area (TPSA) is 142 Å². The number of tetrazole rings is 1. The van der Waals surface area contributed by atoms with Crippen LogP contribution in [0.4, 0.5) is 0 Å². The Hall–Kier alpha value is -4.78. The number of fused-ring (bicyclic) bond motifs is 4. The van der Waals surface area contributed by atoms with E-state index < -0.39 is 0 Å². The number of nitrogens with zero attached hydrogens (tertiary/aromatic N) is 9. The molecule has 3 atom stereocenters. The minimum Gasteiger partial charge on any atom is -0.494 e. The lowest BCUT2D eigenvalue weighted by Crippen LogP contribution is -2.51. The molecule has 2 unspecified atom stereocenters. The van der Waals surface area contributed by atoms with E-state index in [1.807, 2.05) is 17.0 Å². The molecular weight excluding hydrogens is 596 g/mol. The quantitative estimate of drug-likeness (QED) is 0.275. The first kappa shape index (κ1) is 28.4. The molecule has 2 bridgehead atoms. The number of carbonyl (C=O) groups is 2. The number of aryl methyl sites for hydroxylation is 1. The van der Waals surface area contributed by atoms with Crippen molar-refractivity contribution >= 4 is 33.8 Å². The maximum absolute atomic E-state index is 13.9. The normalized spacial score (nSPS) is 22.5. The molecule has 2 N–H and O–H groups in total. The Morgan fingerprint density at radius 3 is 2.47 bits per heavy atom. The van der Waals surface area contributed by atoms with E-state index >= 15 is 0 Å². The van der Waals surface area contributed by atoms with Crippen LogP contribution in [0.5, 0.6) is 5.75 Å². The van der Waals surface area contributed by atoms with E-state index in [0.29, 0.717) is 49.3 Å². The van der Waals surface area contributed by atoms with Gasteiger partial charge >= 0.3 is 0 Å². The number of carbonyl (C=O) groups excluding carboxylic acids is 2. The van der Waals surface area contributed by atoms with Gasteiger partial charge in [0.2, 0.25) is 0 Å². The minimum atomic E-state index is -0.217. The molecule has 5 heterocycles. The van der Waals surface area contributed by atoms with Crippen LogP contribution in [0.15, 0.2) is 42.5 Å². The fourth-order valence-electron chi connectivity index (χ4n) is 8.10. The Kier molecular flexibility index (Phi) is 6.43. The van der Waals surface area contributed by atoms with Crippen molar-refractivity contribution in [3.63, 3.8) is 0 Å². The van der Waals surface area contributed by atoms with E-state index in [0.717, 1.165) is 41.9 Å². The molecule has 2 aromatic carbocycles. The fourth-order valence-corrected chi connectivity index (χ4v) is 8.10. The molecule has 47 heavy (non-hydrogen) atoms. The van der Waals surface area contributed by atoms with Crippen LogP contribution in [-0.4, -0.2) is 94.8 Å². The largest absolute Gasteiger partial charge is 0.494 e. The molecule has 2 saturated heterocycles. The summed E-state index contributed by atoms with van der Waals surface area (Å²) in [7, 11) is 3.29. The molecule has 9 rings (SSSR count). The van der Waals surface area contributed by atoms with Gasteiger partial charge in [-0.25, -0.2) is 4.98 Å². The number of hydrogen-bond acceptors (Lipinski definition) is 8. The van der Waals surface area contributed by atoms with Gasteiger partial charge in [0.25, 0.3) is 17.6 Å². The zero-order valence-corrected chi connectivity index (χ0v) is 26.6. The van der Waals surface area contributed by atoms with Gasteiger partial charge in [0.15, 0.2) is 5.82 Å². The molecule has 3 aromatic heterocycles. The molecule has 13 heteroatoms. The first-order valence-corrected chi connectivity index (χ1v) is 16.6.